The molecule has 0 fully saturated rings. The summed E-state index contributed by atoms with van der Waals surface area (Å²) < 4.78 is 19.1. The number of hydrogen-bond donors (Lipinski definition) is 1. The van der Waals surface area contributed by atoms with Gasteiger partial charge in [-0.05, 0) is 42.3 Å². The Hall–Kier alpha value is -1.36. The van der Waals surface area contributed by atoms with Gasteiger partial charge < -0.3 is 9.73 Å². The van der Waals surface area contributed by atoms with Gasteiger partial charge in [0.2, 0.25) is 0 Å². The van der Waals surface area contributed by atoms with Crippen molar-refractivity contribution in [2.24, 2.45) is 0 Å². The predicted molar refractivity (Wildman–Crippen MR) is 81.0 cm³/mol. The molecule has 20 heavy (non-hydrogen) atoms. The third kappa shape index (κ3) is 2.46. The first kappa shape index (κ1) is 13.6. The van der Waals surface area contributed by atoms with Crippen molar-refractivity contribution in [3.63, 3.8) is 0 Å². The van der Waals surface area contributed by atoms with Crippen molar-refractivity contribution in [1.82, 2.24) is 5.32 Å². The third-order valence-corrected chi connectivity index (χ3v) is 4.52. The molecule has 0 bridgehead atoms. The molecule has 2 aromatic heterocycles. The molecule has 3 aromatic rings. The molecular formula is C15H13ClFNOS. The van der Waals surface area contributed by atoms with Gasteiger partial charge in [-0.2, -0.15) is 0 Å². The zero-order valence-electron chi connectivity index (χ0n) is 10.8. The topological polar surface area (TPSA) is 25.2 Å². The highest BCUT2D eigenvalue weighted by atomic mass is 35.5. The van der Waals surface area contributed by atoms with Crippen LogP contribution in [0.4, 0.5) is 4.39 Å². The van der Waals surface area contributed by atoms with Crippen LogP contribution in [-0.4, -0.2) is 6.54 Å². The average Bonchev–Trinajstić information content (AvgIpc) is 3.01. The van der Waals surface area contributed by atoms with Crippen LogP contribution in [0.1, 0.15) is 23.6 Å². The van der Waals surface area contributed by atoms with Gasteiger partial charge in [0, 0.05) is 10.3 Å². The van der Waals surface area contributed by atoms with E-state index in [4.69, 9.17) is 16.0 Å². The molecule has 1 N–H and O–H groups in total. The minimum atomic E-state index is -0.265. The molecule has 0 saturated heterocycles. The van der Waals surface area contributed by atoms with Crippen molar-refractivity contribution in [2.45, 2.75) is 13.0 Å². The molecule has 5 heteroatoms. The van der Waals surface area contributed by atoms with Crippen molar-refractivity contribution in [3.8, 4) is 0 Å². The summed E-state index contributed by atoms with van der Waals surface area (Å²) in [4.78, 5) is 1.01. The van der Waals surface area contributed by atoms with Crippen LogP contribution >= 0.6 is 22.9 Å². The van der Waals surface area contributed by atoms with Gasteiger partial charge in [-0.15, -0.1) is 11.3 Å². The van der Waals surface area contributed by atoms with E-state index in [0.29, 0.717) is 10.6 Å². The van der Waals surface area contributed by atoms with Gasteiger partial charge in [0.1, 0.15) is 23.2 Å². The summed E-state index contributed by atoms with van der Waals surface area (Å²) >= 11 is 7.79. The summed E-state index contributed by atoms with van der Waals surface area (Å²) in [5, 5.41) is 6.78. The standard InChI is InChI=1S/C15H13ClFNOS/c1-2-18-14(15-11(16)5-6-20-15)13-8-9-7-10(17)3-4-12(9)19-13/h3-8,14,18H,2H2,1H3. The van der Waals surface area contributed by atoms with Crippen molar-refractivity contribution in [2.75, 3.05) is 6.54 Å². The van der Waals surface area contributed by atoms with Gasteiger partial charge in [0.05, 0.1) is 5.02 Å². The predicted octanol–water partition coefficient (Wildman–Crippen LogP) is 4.99. The molecule has 1 aromatic carbocycles. The van der Waals surface area contributed by atoms with Gasteiger partial charge in [-0.1, -0.05) is 18.5 Å². The van der Waals surface area contributed by atoms with Crippen LogP contribution < -0.4 is 5.32 Å². The number of rotatable bonds is 4. The summed E-state index contributed by atoms with van der Waals surface area (Å²) in [5.41, 5.74) is 0.678. The van der Waals surface area contributed by atoms with E-state index >= 15 is 0 Å². The van der Waals surface area contributed by atoms with E-state index in [1.54, 1.807) is 17.4 Å². The van der Waals surface area contributed by atoms with Crippen LogP contribution in [0, 0.1) is 5.82 Å². The molecule has 0 amide bonds. The molecule has 0 aliphatic carbocycles. The maximum absolute atomic E-state index is 13.3. The Morgan fingerprint density at radius 1 is 1.35 bits per heavy atom. The van der Waals surface area contributed by atoms with Crippen LogP contribution in [0.5, 0.6) is 0 Å². The Kier molecular flexibility index (Phi) is 3.78. The highest BCUT2D eigenvalue weighted by Crippen LogP contribution is 2.35. The SMILES string of the molecule is CCNC(c1cc2cc(F)ccc2o1)c1sccc1Cl. The minimum Gasteiger partial charge on any atom is -0.459 e. The van der Waals surface area contributed by atoms with Crippen LogP contribution in [0.3, 0.4) is 0 Å². The fourth-order valence-corrected chi connectivity index (χ4v) is 3.46. The Labute approximate surface area is 125 Å². The normalized spacial score (nSPS) is 12.9. The van der Waals surface area contributed by atoms with Crippen LogP contribution in [-0.2, 0) is 0 Å². The van der Waals surface area contributed by atoms with Crippen LogP contribution in [0.2, 0.25) is 5.02 Å². The summed E-state index contributed by atoms with van der Waals surface area (Å²) in [6.45, 7) is 2.81. The van der Waals surface area contributed by atoms with Crippen molar-refractivity contribution < 1.29 is 8.81 Å². The van der Waals surface area contributed by atoms with E-state index in [1.807, 2.05) is 24.4 Å². The molecule has 104 valence electrons. The van der Waals surface area contributed by atoms with Gasteiger partial charge >= 0.3 is 0 Å². The largest absolute Gasteiger partial charge is 0.459 e. The van der Waals surface area contributed by atoms with Gasteiger partial charge in [-0.25, -0.2) is 4.39 Å². The monoisotopic (exact) mass is 309 g/mol. The molecular weight excluding hydrogens is 297 g/mol. The maximum Gasteiger partial charge on any atom is 0.134 e. The zero-order chi connectivity index (χ0) is 14.1. The second kappa shape index (κ2) is 5.56. The summed E-state index contributed by atoms with van der Waals surface area (Å²) in [7, 11) is 0. The van der Waals surface area contributed by atoms with Crippen molar-refractivity contribution >= 4 is 33.9 Å². The highest BCUT2D eigenvalue weighted by molar-refractivity contribution is 7.10. The first-order valence-electron chi connectivity index (χ1n) is 6.34. The van der Waals surface area contributed by atoms with E-state index in [0.717, 1.165) is 22.6 Å². The van der Waals surface area contributed by atoms with E-state index in [9.17, 15) is 4.39 Å². The molecule has 0 spiro atoms. The van der Waals surface area contributed by atoms with Gasteiger partial charge in [0.15, 0.2) is 0 Å². The Bertz CT molecular complexity index is 736. The third-order valence-electron chi connectivity index (χ3n) is 3.10. The van der Waals surface area contributed by atoms with Crippen molar-refractivity contribution in [1.29, 1.82) is 0 Å². The highest BCUT2D eigenvalue weighted by Gasteiger charge is 2.21. The quantitative estimate of drug-likeness (QED) is 0.735. The number of hydrogen-bond acceptors (Lipinski definition) is 3. The molecule has 1 atom stereocenters. The molecule has 2 nitrogen and oxygen atoms in total. The molecule has 3 rings (SSSR count). The van der Waals surface area contributed by atoms with E-state index in [1.165, 1.54) is 12.1 Å². The molecule has 0 aliphatic heterocycles. The van der Waals surface area contributed by atoms with Gasteiger partial charge in [0.25, 0.3) is 0 Å². The number of thiophene rings is 1. The lowest BCUT2D eigenvalue weighted by Gasteiger charge is -2.14. The van der Waals surface area contributed by atoms with E-state index in [-0.39, 0.29) is 11.9 Å². The van der Waals surface area contributed by atoms with Crippen LogP contribution in [0.15, 0.2) is 40.1 Å². The number of nitrogens with one attached hydrogen (secondary N) is 1. The minimum absolute atomic E-state index is 0.108. The number of halogens is 2. The van der Waals surface area contributed by atoms with Gasteiger partial charge in [-0.3, -0.25) is 0 Å². The summed E-state index contributed by atoms with van der Waals surface area (Å²) in [5.74, 6) is 0.482. The summed E-state index contributed by atoms with van der Waals surface area (Å²) in [6, 6.07) is 8.14. The van der Waals surface area contributed by atoms with E-state index in [2.05, 4.69) is 5.32 Å². The lowest BCUT2D eigenvalue weighted by molar-refractivity contribution is 0.481. The molecule has 0 saturated carbocycles. The molecule has 0 radical (unpaired) electrons. The first-order chi connectivity index (χ1) is 9.69. The van der Waals surface area contributed by atoms with Crippen LogP contribution in [0.25, 0.3) is 11.0 Å². The fourth-order valence-electron chi connectivity index (χ4n) is 2.22. The Morgan fingerprint density at radius 3 is 2.90 bits per heavy atom. The fraction of sp³-hybridized carbons (Fsp3) is 0.200. The molecule has 1 unspecified atom stereocenters. The Morgan fingerprint density at radius 2 is 2.20 bits per heavy atom. The summed E-state index contributed by atoms with van der Waals surface area (Å²) in [6.07, 6.45) is 0. The smallest absolute Gasteiger partial charge is 0.134 e. The second-order valence-corrected chi connectivity index (χ2v) is 5.81. The molecule has 0 aliphatic rings. The molecule has 2 heterocycles. The number of furan rings is 1. The number of benzene rings is 1. The lowest BCUT2D eigenvalue weighted by Crippen LogP contribution is -2.20. The Balaban J connectivity index is 2.07. The average molecular weight is 310 g/mol. The first-order valence-corrected chi connectivity index (χ1v) is 7.60. The number of fused-ring (bicyclic) bond motifs is 1. The second-order valence-electron chi connectivity index (χ2n) is 4.45. The zero-order valence-corrected chi connectivity index (χ0v) is 12.4. The van der Waals surface area contributed by atoms with Crippen molar-refractivity contribution in [3.05, 3.63) is 57.2 Å². The lowest BCUT2D eigenvalue weighted by atomic mass is 10.1. The maximum atomic E-state index is 13.3. The van der Waals surface area contributed by atoms with E-state index < -0.39 is 0 Å².